The van der Waals surface area contributed by atoms with Crippen LogP contribution in [0.15, 0.2) is 102 Å². The van der Waals surface area contributed by atoms with Gasteiger partial charge >= 0.3 is 0 Å². The van der Waals surface area contributed by atoms with Crippen LogP contribution in [0.25, 0.3) is 16.5 Å². The second kappa shape index (κ2) is 17.6. The van der Waals surface area contributed by atoms with Crippen LogP contribution in [0, 0.1) is 21.4 Å². The minimum atomic E-state index is -4.60. The fourth-order valence-corrected chi connectivity index (χ4v) is 11.7. The predicted octanol–water partition coefficient (Wildman–Crippen LogP) is 9.61. The van der Waals surface area contributed by atoms with Gasteiger partial charge in [0.25, 0.3) is 21.6 Å². The Hall–Kier alpha value is -5.10. The smallest absolute Gasteiger partial charge is 0.293 e. The molecule has 1 amide bonds. The summed E-state index contributed by atoms with van der Waals surface area (Å²) in [5.74, 6) is -0.0165. The number of hydrogen-bond donors (Lipinski definition) is 5. The highest BCUT2D eigenvalue weighted by Crippen LogP contribution is 2.48. The lowest BCUT2D eigenvalue weighted by Gasteiger charge is -2.39. The van der Waals surface area contributed by atoms with Gasteiger partial charge in [-0.05, 0) is 109 Å². The molecule has 3 aliphatic rings. The van der Waals surface area contributed by atoms with Gasteiger partial charge in [-0.1, -0.05) is 43.2 Å². The van der Waals surface area contributed by atoms with Crippen LogP contribution in [0.3, 0.4) is 0 Å². The number of nitro benzene ring substituents is 1. The lowest BCUT2D eigenvalue weighted by molar-refractivity contribution is -0.384. The average Bonchev–Trinajstić information content (AvgIpc) is 3.85. The molecule has 0 spiro atoms. The molecule has 4 aromatic carbocycles. The van der Waals surface area contributed by atoms with Crippen molar-refractivity contribution in [3.63, 3.8) is 0 Å². The number of hydrogen-bond acceptors (Lipinski definition) is 11. The number of rotatable bonds is 13. The molecule has 0 saturated carbocycles. The Morgan fingerprint density at radius 2 is 1.79 bits per heavy atom. The van der Waals surface area contributed by atoms with Gasteiger partial charge in [0.1, 0.15) is 17.2 Å². The van der Waals surface area contributed by atoms with Gasteiger partial charge < -0.3 is 19.9 Å². The molecule has 2 saturated heterocycles. The van der Waals surface area contributed by atoms with Crippen molar-refractivity contribution in [2.45, 2.75) is 44.4 Å². The summed E-state index contributed by atoms with van der Waals surface area (Å²) in [6.07, 6.45) is 5.54. The van der Waals surface area contributed by atoms with Gasteiger partial charge in [0.05, 0.1) is 15.4 Å². The maximum Gasteiger partial charge on any atom is 0.293 e. The Kier molecular flexibility index (Phi) is 12.3. The van der Waals surface area contributed by atoms with Crippen molar-refractivity contribution in [2.24, 2.45) is 11.3 Å². The number of aromatic amines is 1. The fraction of sp³-hybridized carbons (Fsp3) is 0.356. The fourth-order valence-electron chi connectivity index (χ4n) is 8.63. The molecule has 2 aliphatic heterocycles. The van der Waals surface area contributed by atoms with Gasteiger partial charge in [-0.3, -0.25) is 28.9 Å². The molecule has 328 valence electrons. The van der Waals surface area contributed by atoms with E-state index in [1.54, 1.807) is 18.2 Å². The van der Waals surface area contributed by atoms with Crippen LogP contribution in [-0.4, -0.2) is 89.0 Å². The maximum atomic E-state index is 13.9. The number of aromatic nitrogens is 1. The highest BCUT2D eigenvalue weighted by atomic mass is 35.5. The summed E-state index contributed by atoms with van der Waals surface area (Å²) >= 11 is 6.24. The number of benzene rings is 4. The molecule has 5 N–H and O–H groups in total. The molecule has 1 aromatic heterocycles. The second-order valence-electron chi connectivity index (χ2n) is 17.3. The van der Waals surface area contributed by atoms with Crippen LogP contribution in [0.5, 0.6) is 11.5 Å². The van der Waals surface area contributed by atoms with Crippen LogP contribution in [0.2, 0.25) is 5.02 Å². The van der Waals surface area contributed by atoms with Gasteiger partial charge in [0.15, 0.2) is 0 Å². The molecule has 5 aromatic rings. The van der Waals surface area contributed by atoms with E-state index in [2.05, 4.69) is 50.8 Å². The molecule has 0 radical (unpaired) electrons. The van der Waals surface area contributed by atoms with E-state index in [-0.39, 0.29) is 46.4 Å². The number of ether oxygens (including phenoxy) is 1. The molecular weight excluding hydrogens is 852 g/mol. The number of nitrogens with one attached hydrogen (secondary N) is 3. The number of amides is 1. The number of carbonyl (C=O) groups excluding carboxylic acids is 1. The summed E-state index contributed by atoms with van der Waals surface area (Å²) in [5.41, 5.74) is 5.56. The monoisotopic (exact) mass is 902 g/mol. The number of fused-ring (bicyclic) bond motifs is 1. The molecule has 14 nitrogen and oxygen atoms in total. The highest BCUT2D eigenvalue weighted by Gasteiger charge is 2.32. The van der Waals surface area contributed by atoms with E-state index in [1.807, 2.05) is 36.5 Å². The zero-order valence-electron chi connectivity index (χ0n) is 34.6. The highest BCUT2D eigenvalue weighted by molar-refractivity contribution is 8.24. The number of piperazine rings is 1. The first kappa shape index (κ1) is 43.5. The number of nitrogens with zero attached hydrogens (tertiary/aromatic N) is 3. The zero-order chi connectivity index (χ0) is 43.8. The summed E-state index contributed by atoms with van der Waals surface area (Å²) in [6.45, 7) is 8.85. The van der Waals surface area contributed by atoms with Crippen LogP contribution in [0.1, 0.15) is 55.5 Å². The Morgan fingerprint density at radius 1 is 1.02 bits per heavy atom. The minimum Gasteiger partial charge on any atom is -0.456 e. The summed E-state index contributed by atoms with van der Waals surface area (Å²) in [4.78, 5) is 32.7. The summed E-state index contributed by atoms with van der Waals surface area (Å²) in [5, 5.41) is 16.6. The molecule has 3 heterocycles. The number of sulfonamides is 1. The van der Waals surface area contributed by atoms with E-state index >= 15 is 0 Å². The molecule has 1 unspecified atom stereocenters. The van der Waals surface area contributed by atoms with E-state index in [0.29, 0.717) is 12.2 Å². The standard InChI is InChI=1S/C45H51ClN6O8S2/c1-45(2)16-13-33(39(26-45)31-3-5-34(46)6-4-31)28-50-18-20-51(21-19-50)35-7-10-38(43(24-35)60-36-8-11-40-32(23-36)14-17-47-40)44(53)49-62(58,59)37-9-12-41(42(25-37)52(54)55)48-27-30-15-22-61(56,57)29-30/h3-12,14,17,23-25,30,47-48,56-57H,13,15-16,18-22,26-29H2,1-2H3,(H,49,53). The minimum absolute atomic E-state index is 0.0395. The van der Waals surface area contributed by atoms with Gasteiger partial charge in [-0.25, -0.2) is 13.1 Å². The average molecular weight is 904 g/mol. The third-order valence-corrected chi connectivity index (χ3v) is 15.6. The third kappa shape index (κ3) is 10.1. The van der Waals surface area contributed by atoms with E-state index in [0.717, 1.165) is 79.7 Å². The lowest BCUT2D eigenvalue weighted by atomic mass is 9.72. The number of anilines is 2. The van der Waals surface area contributed by atoms with Crippen molar-refractivity contribution in [1.82, 2.24) is 14.6 Å². The largest absolute Gasteiger partial charge is 0.456 e. The number of nitro groups is 1. The Morgan fingerprint density at radius 3 is 2.52 bits per heavy atom. The van der Waals surface area contributed by atoms with Crippen molar-refractivity contribution in [3.05, 3.63) is 123 Å². The number of H-pyrrole nitrogens is 1. The van der Waals surface area contributed by atoms with Crippen molar-refractivity contribution < 1.29 is 32.0 Å². The van der Waals surface area contributed by atoms with Gasteiger partial charge in [0.2, 0.25) is 0 Å². The number of halogens is 1. The van der Waals surface area contributed by atoms with E-state index in [1.165, 1.54) is 34.9 Å². The molecule has 8 rings (SSSR count). The SMILES string of the molecule is CC1(C)CCC(CN2CCN(c3ccc(C(=O)NS(=O)(=O)c4ccc(NCC5CCS(O)(O)C5)c([N+](=O)[O-])c4)c(Oc4ccc5[nH]ccc5c4)c3)CC2)=C(c2ccc(Cl)cc2)C1. The Bertz CT molecular complexity index is 2640. The van der Waals surface area contributed by atoms with Gasteiger partial charge in [-0.2, -0.15) is 10.6 Å². The van der Waals surface area contributed by atoms with Crippen molar-refractivity contribution in [3.8, 4) is 11.5 Å². The van der Waals surface area contributed by atoms with Crippen molar-refractivity contribution in [2.75, 3.05) is 61.0 Å². The van der Waals surface area contributed by atoms with Gasteiger partial charge in [0, 0.05) is 90.7 Å². The van der Waals surface area contributed by atoms with Crippen LogP contribution < -0.4 is 19.7 Å². The van der Waals surface area contributed by atoms with Crippen LogP contribution in [-0.2, 0) is 10.0 Å². The van der Waals surface area contributed by atoms with Crippen molar-refractivity contribution in [1.29, 1.82) is 0 Å². The summed E-state index contributed by atoms with van der Waals surface area (Å²) < 4.78 is 55.7. The van der Waals surface area contributed by atoms with E-state index in [4.69, 9.17) is 16.3 Å². The predicted molar refractivity (Wildman–Crippen MR) is 246 cm³/mol. The quantitative estimate of drug-likeness (QED) is 0.0559. The van der Waals surface area contributed by atoms with Crippen LogP contribution in [0.4, 0.5) is 17.1 Å². The zero-order valence-corrected chi connectivity index (χ0v) is 37.0. The number of carbonyl (C=O) groups is 1. The number of allylic oxidation sites excluding steroid dienone is 1. The first-order valence-electron chi connectivity index (χ1n) is 20.7. The van der Waals surface area contributed by atoms with Crippen molar-refractivity contribution >= 4 is 71.7 Å². The third-order valence-electron chi connectivity index (χ3n) is 12.1. The topological polar surface area (TPSA) is 190 Å². The summed E-state index contributed by atoms with van der Waals surface area (Å²) in [6, 6.07) is 23.9. The molecule has 0 bridgehead atoms. The second-order valence-corrected chi connectivity index (χ2v) is 21.7. The van der Waals surface area contributed by atoms with E-state index < -0.39 is 42.0 Å². The first-order chi connectivity index (χ1) is 29.5. The van der Waals surface area contributed by atoms with E-state index in [9.17, 15) is 32.4 Å². The molecule has 17 heteroatoms. The Balaban J connectivity index is 1.00. The first-order valence-corrected chi connectivity index (χ1v) is 24.4. The lowest BCUT2D eigenvalue weighted by Crippen LogP contribution is -2.47. The molecule has 62 heavy (non-hydrogen) atoms. The molecule has 1 atom stereocenters. The molecule has 1 aliphatic carbocycles. The maximum absolute atomic E-state index is 13.9. The normalized spacial score (nSPS) is 19.6. The molecule has 2 fully saturated rings. The van der Waals surface area contributed by atoms with Crippen LogP contribution >= 0.6 is 22.2 Å². The Labute approximate surface area is 367 Å². The molecular formula is C45H51ClN6O8S2. The summed E-state index contributed by atoms with van der Waals surface area (Å²) in [7, 11) is -7.25. The van der Waals surface area contributed by atoms with Gasteiger partial charge in [-0.15, -0.1) is 0 Å².